The fraction of sp³-hybridized carbons (Fsp3) is 0.571. The van der Waals surface area contributed by atoms with E-state index >= 15 is 0 Å². The summed E-state index contributed by atoms with van der Waals surface area (Å²) in [6.45, 7) is 2.36. The molecule has 1 aromatic carbocycles. The molecule has 146 valence electrons. The third kappa shape index (κ3) is 3.22. The van der Waals surface area contributed by atoms with E-state index in [0.717, 1.165) is 18.4 Å². The predicted molar refractivity (Wildman–Crippen MR) is 106 cm³/mol. The maximum absolute atomic E-state index is 14.8. The van der Waals surface area contributed by atoms with Gasteiger partial charge in [-0.1, -0.05) is 25.1 Å². The molecule has 2 heterocycles. The van der Waals surface area contributed by atoms with Crippen molar-refractivity contribution in [3.63, 3.8) is 0 Å². The molecule has 4 nitrogen and oxygen atoms in total. The van der Waals surface area contributed by atoms with E-state index in [4.69, 9.17) is 10.5 Å². The highest BCUT2D eigenvalue weighted by atomic mass is 32.2. The Morgan fingerprint density at radius 3 is 2.93 bits per heavy atom. The summed E-state index contributed by atoms with van der Waals surface area (Å²) in [7, 11) is 1.73. The number of fused-ring (bicyclic) bond motifs is 3. The third-order valence-electron chi connectivity index (χ3n) is 6.54. The summed E-state index contributed by atoms with van der Waals surface area (Å²) in [5, 5.41) is 5.18. The fourth-order valence-electron chi connectivity index (χ4n) is 5.11. The van der Waals surface area contributed by atoms with Crippen molar-refractivity contribution in [1.82, 2.24) is 5.32 Å². The van der Waals surface area contributed by atoms with Gasteiger partial charge in [0.25, 0.3) is 0 Å². The summed E-state index contributed by atoms with van der Waals surface area (Å²) < 4.78 is 20.7. The number of benzene rings is 1. The molecule has 1 aromatic rings. The number of nitrogens with one attached hydrogen (secondary N) is 1. The first-order chi connectivity index (χ1) is 13.0. The molecule has 2 aliphatic heterocycles. The molecular weight excluding hydrogens is 363 g/mol. The van der Waals surface area contributed by atoms with E-state index in [2.05, 4.69) is 11.4 Å². The molecule has 7 unspecified atom stereocenters. The summed E-state index contributed by atoms with van der Waals surface area (Å²) in [4.78, 5) is 12.5. The molecule has 3 N–H and O–H groups in total. The lowest BCUT2D eigenvalue weighted by Gasteiger charge is -2.49. The van der Waals surface area contributed by atoms with E-state index in [9.17, 15) is 9.18 Å². The normalized spacial score (nSPS) is 36.1. The van der Waals surface area contributed by atoms with Crippen LogP contribution in [0.15, 0.2) is 29.7 Å². The minimum absolute atomic E-state index is 0.0103. The zero-order valence-electron chi connectivity index (χ0n) is 15.7. The molecule has 0 aromatic heterocycles. The van der Waals surface area contributed by atoms with Gasteiger partial charge in [0.15, 0.2) is 0 Å². The molecule has 0 radical (unpaired) electrons. The largest absolute Gasteiger partial charge is 0.381 e. The van der Waals surface area contributed by atoms with Crippen LogP contribution in [0.5, 0.6) is 0 Å². The van der Waals surface area contributed by atoms with Gasteiger partial charge in [-0.05, 0) is 53.8 Å². The molecule has 1 saturated heterocycles. The minimum Gasteiger partial charge on any atom is -0.381 e. The quantitative estimate of drug-likeness (QED) is 0.829. The topological polar surface area (TPSA) is 64.3 Å². The fourth-order valence-corrected chi connectivity index (χ4v) is 6.20. The first-order valence-corrected chi connectivity index (χ1v) is 10.6. The van der Waals surface area contributed by atoms with Gasteiger partial charge < -0.3 is 15.8 Å². The molecule has 3 aliphatic rings. The van der Waals surface area contributed by atoms with E-state index in [-0.39, 0.29) is 52.8 Å². The van der Waals surface area contributed by atoms with Crippen LogP contribution in [0.2, 0.25) is 0 Å². The van der Waals surface area contributed by atoms with Gasteiger partial charge in [0, 0.05) is 25.0 Å². The number of piperidine rings is 1. The maximum atomic E-state index is 14.8. The number of amides is 1. The second-order valence-corrected chi connectivity index (χ2v) is 9.00. The average Bonchev–Trinajstić information content (AvgIpc) is 3.17. The van der Waals surface area contributed by atoms with E-state index in [0.29, 0.717) is 12.1 Å². The van der Waals surface area contributed by atoms with E-state index in [1.165, 1.54) is 0 Å². The highest BCUT2D eigenvalue weighted by Crippen LogP contribution is 2.50. The number of carbonyl (C=O) groups excluding carboxylic acids is 1. The molecule has 1 amide bonds. The molecule has 4 rings (SSSR count). The van der Waals surface area contributed by atoms with Gasteiger partial charge in [-0.2, -0.15) is 0 Å². The zero-order valence-corrected chi connectivity index (χ0v) is 16.5. The van der Waals surface area contributed by atoms with Gasteiger partial charge in [0.1, 0.15) is 5.82 Å². The standard InChI is InChI=1S/C21H27FN2O2S/c1-11(10-23)13-4-3-12(9-15(13)22)18-17(26-2)6-5-16-19(18)14-7-8-27-20(14)21(25)24-16/h3-4,7-9,11,14,16-20H,5-6,10,23H2,1-2H3,(H,24,25). The van der Waals surface area contributed by atoms with Crippen LogP contribution in [-0.2, 0) is 9.53 Å². The summed E-state index contributed by atoms with van der Waals surface area (Å²) in [5.41, 5.74) is 7.34. The highest BCUT2D eigenvalue weighted by Gasteiger charge is 2.52. The summed E-state index contributed by atoms with van der Waals surface area (Å²) in [5.74, 6) is 0.363. The summed E-state index contributed by atoms with van der Waals surface area (Å²) >= 11 is 1.59. The second-order valence-electron chi connectivity index (χ2n) is 7.95. The Hall–Kier alpha value is -1.37. The van der Waals surface area contributed by atoms with Gasteiger partial charge in [-0.15, -0.1) is 11.8 Å². The minimum atomic E-state index is -0.199. The smallest absolute Gasteiger partial charge is 0.234 e. The highest BCUT2D eigenvalue weighted by molar-refractivity contribution is 8.03. The molecule has 0 bridgehead atoms. The SMILES string of the molecule is COC1CCC2NC(=O)C3SC=CC3C2C1c1ccc(C(C)CN)c(F)c1. The number of thioether (sulfide) groups is 1. The Morgan fingerprint density at radius 2 is 2.22 bits per heavy atom. The number of hydrogen-bond acceptors (Lipinski definition) is 4. The zero-order chi connectivity index (χ0) is 19.1. The Kier molecular flexibility index (Phi) is 5.32. The molecule has 1 saturated carbocycles. The number of nitrogens with two attached hydrogens (primary N) is 1. The van der Waals surface area contributed by atoms with Crippen molar-refractivity contribution >= 4 is 17.7 Å². The molecular formula is C21H27FN2O2S. The predicted octanol–water partition coefficient (Wildman–Crippen LogP) is 3.14. The van der Waals surface area contributed by atoms with Crippen LogP contribution in [0.3, 0.4) is 0 Å². The first-order valence-electron chi connectivity index (χ1n) is 9.69. The van der Waals surface area contributed by atoms with Crippen molar-refractivity contribution < 1.29 is 13.9 Å². The number of rotatable bonds is 4. The lowest BCUT2D eigenvalue weighted by Crippen LogP contribution is -2.59. The van der Waals surface area contributed by atoms with Crippen LogP contribution in [0, 0.1) is 17.7 Å². The van der Waals surface area contributed by atoms with E-state index in [1.54, 1.807) is 24.9 Å². The summed E-state index contributed by atoms with van der Waals surface area (Å²) in [6, 6.07) is 5.68. The van der Waals surface area contributed by atoms with Crippen LogP contribution in [0.1, 0.15) is 42.7 Å². The van der Waals surface area contributed by atoms with Gasteiger partial charge in [0.05, 0.1) is 11.4 Å². The molecule has 7 atom stereocenters. The van der Waals surface area contributed by atoms with Crippen molar-refractivity contribution in [2.24, 2.45) is 17.6 Å². The van der Waals surface area contributed by atoms with Gasteiger partial charge in [-0.3, -0.25) is 4.79 Å². The number of carbonyl (C=O) groups is 1. The lowest BCUT2D eigenvalue weighted by molar-refractivity contribution is -0.127. The van der Waals surface area contributed by atoms with Crippen molar-refractivity contribution in [1.29, 1.82) is 0 Å². The van der Waals surface area contributed by atoms with Gasteiger partial charge in [0.2, 0.25) is 5.91 Å². The molecule has 27 heavy (non-hydrogen) atoms. The van der Waals surface area contributed by atoms with Gasteiger partial charge >= 0.3 is 0 Å². The van der Waals surface area contributed by atoms with Crippen LogP contribution < -0.4 is 11.1 Å². The Bertz CT molecular complexity index is 756. The number of allylic oxidation sites excluding steroid dienone is 1. The number of halogens is 1. The third-order valence-corrected chi connectivity index (χ3v) is 7.68. The van der Waals surface area contributed by atoms with Crippen LogP contribution in [0.25, 0.3) is 0 Å². The number of hydrogen-bond donors (Lipinski definition) is 2. The summed E-state index contributed by atoms with van der Waals surface area (Å²) in [6.07, 6.45) is 3.95. The first kappa shape index (κ1) is 19.0. The number of methoxy groups -OCH3 is 1. The van der Waals surface area contributed by atoms with E-state index in [1.807, 2.05) is 24.5 Å². The Balaban J connectivity index is 1.73. The van der Waals surface area contributed by atoms with Crippen LogP contribution in [-0.4, -0.2) is 37.0 Å². The van der Waals surface area contributed by atoms with E-state index < -0.39 is 0 Å². The molecule has 1 aliphatic carbocycles. The van der Waals surface area contributed by atoms with Crippen molar-refractivity contribution in [3.8, 4) is 0 Å². The van der Waals surface area contributed by atoms with Gasteiger partial charge in [-0.25, -0.2) is 4.39 Å². The Morgan fingerprint density at radius 1 is 1.41 bits per heavy atom. The lowest BCUT2D eigenvalue weighted by atomic mass is 9.63. The van der Waals surface area contributed by atoms with Crippen LogP contribution in [0.4, 0.5) is 4.39 Å². The molecule has 0 spiro atoms. The van der Waals surface area contributed by atoms with Crippen LogP contribution >= 0.6 is 11.8 Å². The second kappa shape index (κ2) is 7.57. The molecule has 2 fully saturated rings. The number of ether oxygens (including phenoxy) is 1. The van der Waals surface area contributed by atoms with Crippen molar-refractivity contribution in [2.45, 2.75) is 49.0 Å². The van der Waals surface area contributed by atoms with Crippen molar-refractivity contribution in [3.05, 3.63) is 46.6 Å². The molecule has 6 heteroatoms. The van der Waals surface area contributed by atoms with Crippen molar-refractivity contribution in [2.75, 3.05) is 13.7 Å². The monoisotopic (exact) mass is 390 g/mol. The average molecular weight is 391 g/mol. The Labute approximate surface area is 164 Å². The maximum Gasteiger partial charge on any atom is 0.234 e.